The van der Waals surface area contributed by atoms with Gasteiger partial charge in [-0.05, 0) is 28.8 Å². The van der Waals surface area contributed by atoms with Crippen molar-refractivity contribution in [2.75, 3.05) is 19.5 Å². The summed E-state index contributed by atoms with van der Waals surface area (Å²) in [4.78, 5) is 28.4. The molecule has 0 fully saturated rings. The standard InChI is InChI=1S/C23H19ClN4O5S/c1-10-6-12-15(18(11-4-5-34-8-11)28-9-25-27-22(28)26-12)20(29)23(10)21(30)16-13(31-2)7-14(32-3)17(24)19(16)33-23/h4-5,7-10,18H,6H2,1-3H3,(H,26,27)/t10-,18+,23+/m1/s1. The summed E-state index contributed by atoms with van der Waals surface area (Å²) in [5.74, 6) is -0.183. The number of ketones is 2. The molecule has 174 valence electrons. The van der Waals surface area contributed by atoms with E-state index in [9.17, 15) is 9.59 Å². The zero-order chi connectivity index (χ0) is 23.8. The maximum absolute atomic E-state index is 14.4. The number of carbonyl (C=O) groups is 2. The molecule has 2 aliphatic heterocycles. The number of carbonyl (C=O) groups excluding carboxylic acids is 2. The van der Waals surface area contributed by atoms with Gasteiger partial charge in [-0.2, -0.15) is 11.3 Å². The summed E-state index contributed by atoms with van der Waals surface area (Å²) >= 11 is 8.06. The van der Waals surface area contributed by atoms with Crippen LogP contribution in [0.2, 0.25) is 5.02 Å². The average Bonchev–Trinajstić information content (AvgIpc) is 3.57. The van der Waals surface area contributed by atoms with Gasteiger partial charge >= 0.3 is 0 Å². The number of nitrogens with one attached hydrogen (secondary N) is 1. The van der Waals surface area contributed by atoms with E-state index in [4.69, 9.17) is 25.8 Å². The van der Waals surface area contributed by atoms with Gasteiger partial charge in [0.2, 0.25) is 23.1 Å². The van der Waals surface area contributed by atoms with E-state index in [0.29, 0.717) is 29.4 Å². The van der Waals surface area contributed by atoms with Crippen molar-refractivity contribution in [2.45, 2.75) is 25.0 Å². The molecule has 0 saturated carbocycles. The minimum Gasteiger partial charge on any atom is -0.496 e. The van der Waals surface area contributed by atoms with E-state index in [1.165, 1.54) is 31.6 Å². The number of methoxy groups -OCH3 is 2. The average molecular weight is 499 g/mol. The second-order valence-corrected chi connectivity index (χ2v) is 9.60. The molecule has 2 aromatic heterocycles. The first-order valence-electron chi connectivity index (χ1n) is 10.6. The van der Waals surface area contributed by atoms with E-state index in [-0.39, 0.29) is 22.1 Å². The minimum absolute atomic E-state index is 0.105. The van der Waals surface area contributed by atoms with Gasteiger partial charge < -0.3 is 19.5 Å². The number of anilines is 1. The fourth-order valence-corrected chi connectivity index (χ4v) is 6.10. The maximum Gasteiger partial charge on any atom is 0.236 e. The third-order valence-electron chi connectivity index (χ3n) is 6.78. The quantitative estimate of drug-likeness (QED) is 0.542. The number of halogens is 1. The van der Waals surface area contributed by atoms with Gasteiger partial charge in [0.25, 0.3) is 0 Å². The van der Waals surface area contributed by atoms with Crippen molar-refractivity contribution in [3.63, 3.8) is 0 Å². The Morgan fingerprint density at radius 3 is 2.76 bits per heavy atom. The molecule has 3 aromatic rings. The third kappa shape index (κ3) is 2.55. The van der Waals surface area contributed by atoms with Gasteiger partial charge in [-0.1, -0.05) is 18.5 Å². The van der Waals surface area contributed by atoms with Crippen molar-refractivity contribution in [3.8, 4) is 17.2 Å². The summed E-state index contributed by atoms with van der Waals surface area (Å²) in [6.45, 7) is 1.82. The molecule has 6 rings (SSSR count). The molecular formula is C23H19ClN4O5S. The number of thiophene rings is 1. The van der Waals surface area contributed by atoms with Gasteiger partial charge in [-0.25, -0.2) is 0 Å². The molecule has 34 heavy (non-hydrogen) atoms. The van der Waals surface area contributed by atoms with Crippen LogP contribution in [0.15, 0.2) is 40.5 Å². The molecule has 9 nitrogen and oxygen atoms in total. The second kappa shape index (κ2) is 7.31. The van der Waals surface area contributed by atoms with E-state index in [1.807, 2.05) is 23.8 Å². The summed E-state index contributed by atoms with van der Waals surface area (Å²) in [5, 5.41) is 15.5. The molecule has 1 N–H and O–H groups in total. The third-order valence-corrected chi connectivity index (χ3v) is 7.84. The molecule has 4 heterocycles. The molecule has 0 amide bonds. The lowest BCUT2D eigenvalue weighted by Crippen LogP contribution is -2.58. The molecule has 0 saturated heterocycles. The lowest BCUT2D eigenvalue weighted by molar-refractivity contribution is -0.130. The van der Waals surface area contributed by atoms with Gasteiger partial charge in [0, 0.05) is 23.3 Å². The summed E-state index contributed by atoms with van der Waals surface area (Å²) in [6.07, 6.45) is 1.97. The van der Waals surface area contributed by atoms with Crippen LogP contribution in [0.5, 0.6) is 17.2 Å². The van der Waals surface area contributed by atoms with Crippen LogP contribution in [0.25, 0.3) is 0 Å². The van der Waals surface area contributed by atoms with Gasteiger partial charge in [0.05, 0.1) is 20.3 Å². The van der Waals surface area contributed by atoms with Gasteiger partial charge in [0.1, 0.15) is 28.4 Å². The number of hydrogen-bond donors (Lipinski definition) is 1. The molecule has 1 spiro atoms. The van der Waals surface area contributed by atoms with Crippen molar-refractivity contribution >= 4 is 40.5 Å². The predicted octanol–water partition coefficient (Wildman–Crippen LogP) is 3.90. The van der Waals surface area contributed by atoms with Crippen LogP contribution in [0, 0.1) is 5.92 Å². The molecule has 11 heteroatoms. The Morgan fingerprint density at radius 1 is 1.26 bits per heavy atom. The fourth-order valence-electron chi connectivity index (χ4n) is 5.16. The highest BCUT2D eigenvalue weighted by molar-refractivity contribution is 7.08. The second-order valence-electron chi connectivity index (χ2n) is 8.44. The predicted molar refractivity (Wildman–Crippen MR) is 124 cm³/mol. The van der Waals surface area contributed by atoms with Crippen molar-refractivity contribution in [1.82, 2.24) is 14.8 Å². The fraction of sp³-hybridized carbons (Fsp3) is 0.304. The molecule has 1 aliphatic carbocycles. The monoisotopic (exact) mass is 498 g/mol. The van der Waals surface area contributed by atoms with Crippen LogP contribution in [0.3, 0.4) is 0 Å². The van der Waals surface area contributed by atoms with Crippen LogP contribution < -0.4 is 19.5 Å². The summed E-state index contributed by atoms with van der Waals surface area (Å²) < 4.78 is 18.9. The van der Waals surface area contributed by atoms with E-state index in [2.05, 4.69) is 15.5 Å². The Balaban J connectivity index is 1.54. The normalized spacial score (nSPS) is 24.9. The van der Waals surface area contributed by atoms with Gasteiger partial charge in [0.15, 0.2) is 5.75 Å². The summed E-state index contributed by atoms with van der Waals surface area (Å²) in [6, 6.07) is 2.99. The number of allylic oxidation sites excluding steroid dienone is 1. The highest BCUT2D eigenvalue weighted by atomic mass is 35.5. The van der Waals surface area contributed by atoms with Gasteiger partial charge in [-0.15, -0.1) is 10.2 Å². The summed E-state index contributed by atoms with van der Waals surface area (Å²) in [7, 11) is 2.90. The summed E-state index contributed by atoms with van der Waals surface area (Å²) in [5.41, 5.74) is 0.443. The Morgan fingerprint density at radius 2 is 2.06 bits per heavy atom. The number of fused-ring (bicyclic) bond motifs is 2. The number of ether oxygens (including phenoxy) is 3. The van der Waals surface area contributed by atoms with Crippen LogP contribution >= 0.6 is 22.9 Å². The Hall–Kier alpha value is -3.37. The van der Waals surface area contributed by atoms with Crippen molar-refractivity contribution in [3.05, 3.63) is 56.6 Å². The molecular weight excluding hydrogens is 480 g/mol. The topological polar surface area (TPSA) is 105 Å². The van der Waals surface area contributed by atoms with E-state index in [0.717, 1.165) is 5.56 Å². The largest absolute Gasteiger partial charge is 0.496 e. The molecule has 0 unspecified atom stereocenters. The number of Topliss-reactive ketones (excluding diaryl/α,β-unsaturated/α-hetero) is 2. The zero-order valence-electron chi connectivity index (χ0n) is 18.4. The Bertz CT molecular complexity index is 1400. The van der Waals surface area contributed by atoms with E-state index in [1.54, 1.807) is 10.9 Å². The number of rotatable bonds is 3. The van der Waals surface area contributed by atoms with Crippen molar-refractivity contribution in [1.29, 1.82) is 0 Å². The molecule has 1 aromatic carbocycles. The van der Waals surface area contributed by atoms with Crippen LogP contribution in [-0.4, -0.2) is 46.2 Å². The Labute approximate surface area is 203 Å². The van der Waals surface area contributed by atoms with E-state index >= 15 is 0 Å². The van der Waals surface area contributed by atoms with Crippen molar-refractivity contribution in [2.24, 2.45) is 5.92 Å². The van der Waals surface area contributed by atoms with Crippen LogP contribution in [0.4, 0.5) is 5.95 Å². The SMILES string of the molecule is COc1cc(OC)c2c(c1Cl)O[C@@]1(C(=O)C3=C(C[C@H]1C)Nc1nncn1[C@H]3c1ccsc1)C2=O. The smallest absolute Gasteiger partial charge is 0.236 e. The highest BCUT2D eigenvalue weighted by Gasteiger charge is 2.63. The Kier molecular flexibility index (Phi) is 4.56. The van der Waals surface area contributed by atoms with Crippen LogP contribution in [0.1, 0.15) is 35.3 Å². The molecule has 3 atom stereocenters. The lowest BCUT2D eigenvalue weighted by Gasteiger charge is -2.42. The number of benzene rings is 1. The first-order valence-corrected chi connectivity index (χ1v) is 11.9. The molecule has 3 aliphatic rings. The lowest BCUT2D eigenvalue weighted by atomic mass is 9.69. The number of aromatic nitrogens is 3. The minimum atomic E-state index is -1.77. The first-order chi connectivity index (χ1) is 16.4. The van der Waals surface area contributed by atoms with Gasteiger partial charge in [-0.3, -0.25) is 14.2 Å². The number of nitrogens with zero attached hydrogens (tertiary/aromatic N) is 3. The zero-order valence-corrected chi connectivity index (χ0v) is 20.0. The molecule has 0 radical (unpaired) electrons. The van der Waals surface area contributed by atoms with Crippen LogP contribution in [-0.2, 0) is 4.79 Å². The van der Waals surface area contributed by atoms with Crippen molar-refractivity contribution < 1.29 is 23.8 Å². The number of hydrogen-bond acceptors (Lipinski definition) is 9. The van der Waals surface area contributed by atoms with E-state index < -0.39 is 29.1 Å². The maximum atomic E-state index is 14.4. The highest BCUT2D eigenvalue weighted by Crippen LogP contribution is 2.55. The molecule has 0 bridgehead atoms. The first kappa shape index (κ1) is 21.2.